The van der Waals surface area contributed by atoms with Gasteiger partial charge in [0.2, 0.25) is 0 Å². The predicted molar refractivity (Wildman–Crippen MR) is 77.6 cm³/mol. The summed E-state index contributed by atoms with van der Waals surface area (Å²) in [4.78, 5) is 12.3. The van der Waals surface area contributed by atoms with Crippen LogP contribution in [0.5, 0.6) is 0 Å². The van der Waals surface area contributed by atoms with Crippen LogP contribution in [0.25, 0.3) is 10.9 Å². The van der Waals surface area contributed by atoms with Gasteiger partial charge in [0.1, 0.15) is 0 Å². The minimum absolute atomic E-state index is 0.103. The molecule has 0 saturated heterocycles. The highest BCUT2D eigenvalue weighted by Gasteiger charge is 2.18. The number of hydrogen-bond donors (Lipinski definition) is 1. The largest absolute Gasteiger partial charge is 0.348 e. The Morgan fingerprint density at radius 2 is 2.21 bits per heavy atom. The number of hydrogen-bond acceptors (Lipinski definition) is 2. The summed E-state index contributed by atoms with van der Waals surface area (Å²) in [6.07, 6.45) is 1.64. The molecule has 1 amide bonds. The zero-order chi connectivity index (χ0) is 13.8. The Balaban J connectivity index is 2.26. The first-order chi connectivity index (χ1) is 9.17. The Kier molecular flexibility index (Phi) is 4.43. The summed E-state index contributed by atoms with van der Waals surface area (Å²) in [5, 5.41) is 8.18. The van der Waals surface area contributed by atoms with Crippen molar-refractivity contribution >= 4 is 28.4 Å². The van der Waals surface area contributed by atoms with Gasteiger partial charge in [-0.05, 0) is 18.9 Å². The molecule has 1 aromatic carbocycles. The molecule has 0 fully saturated rings. The Labute approximate surface area is 117 Å². The molecule has 1 aromatic heterocycles. The van der Waals surface area contributed by atoms with E-state index in [1.54, 1.807) is 4.68 Å². The highest BCUT2D eigenvalue weighted by atomic mass is 35.5. The van der Waals surface area contributed by atoms with Crippen LogP contribution in [0.1, 0.15) is 30.3 Å². The van der Waals surface area contributed by atoms with Gasteiger partial charge < -0.3 is 5.32 Å². The number of nitrogens with one attached hydrogen (secondary N) is 1. The fourth-order valence-corrected chi connectivity index (χ4v) is 2.41. The number of para-hydroxylation sites is 1. The van der Waals surface area contributed by atoms with Gasteiger partial charge in [-0.2, -0.15) is 5.10 Å². The highest BCUT2D eigenvalue weighted by Crippen LogP contribution is 2.17. The number of nitrogens with zero attached hydrogens (tertiary/aromatic N) is 2. The van der Waals surface area contributed by atoms with E-state index in [0.29, 0.717) is 11.6 Å². The van der Waals surface area contributed by atoms with Gasteiger partial charge in [-0.3, -0.25) is 9.48 Å². The number of amides is 1. The highest BCUT2D eigenvalue weighted by molar-refractivity contribution is 6.17. The Bertz CT molecular complexity index is 579. The van der Waals surface area contributed by atoms with E-state index < -0.39 is 0 Å². The molecule has 1 N–H and O–H groups in total. The van der Waals surface area contributed by atoms with Crippen LogP contribution in [0.15, 0.2) is 24.3 Å². The smallest absolute Gasteiger partial charge is 0.272 e. The summed E-state index contributed by atoms with van der Waals surface area (Å²) >= 11 is 5.73. The lowest BCUT2D eigenvalue weighted by Crippen LogP contribution is -2.35. The van der Waals surface area contributed by atoms with Gasteiger partial charge in [0.15, 0.2) is 5.69 Å². The Morgan fingerprint density at radius 3 is 2.89 bits per heavy atom. The fourth-order valence-electron chi connectivity index (χ4n) is 2.15. The first kappa shape index (κ1) is 13.9. The molecule has 1 atom stereocenters. The molecule has 1 heterocycles. The number of halogens is 1. The summed E-state index contributed by atoms with van der Waals surface area (Å²) in [5.74, 6) is 0.413. The number of carbonyl (C=O) groups is 1. The van der Waals surface area contributed by atoms with Crippen LogP contribution in [-0.4, -0.2) is 27.6 Å². The van der Waals surface area contributed by atoms with Crippen LogP contribution < -0.4 is 5.32 Å². The summed E-state index contributed by atoms with van der Waals surface area (Å²) in [7, 11) is 1.84. The first-order valence-electron chi connectivity index (χ1n) is 6.46. The van der Waals surface area contributed by atoms with Crippen LogP contribution >= 0.6 is 11.6 Å². The number of carbonyl (C=O) groups excluding carboxylic acids is 1. The number of alkyl halides is 1. The maximum Gasteiger partial charge on any atom is 0.272 e. The summed E-state index contributed by atoms with van der Waals surface area (Å²) in [6, 6.07) is 7.82. The van der Waals surface area contributed by atoms with Crippen LogP contribution in [0.4, 0.5) is 0 Å². The molecule has 2 rings (SSSR count). The molecule has 0 spiro atoms. The lowest BCUT2D eigenvalue weighted by Gasteiger charge is -2.14. The van der Waals surface area contributed by atoms with Crippen LogP contribution in [0.2, 0.25) is 0 Å². The Hall–Kier alpha value is -1.55. The SMILES string of the molecule is CCC(CCCl)NC(=O)c1nn(C)c2ccccc12. The molecule has 1 unspecified atom stereocenters. The number of aromatic nitrogens is 2. The third-order valence-corrected chi connectivity index (χ3v) is 3.48. The molecule has 102 valence electrons. The number of aryl methyl sites for hydroxylation is 1. The molecule has 0 aliphatic carbocycles. The van der Waals surface area contributed by atoms with E-state index in [9.17, 15) is 4.79 Å². The molecular formula is C14H18ClN3O. The predicted octanol–water partition coefficient (Wildman–Crippen LogP) is 2.71. The van der Waals surface area contributed by atoms with Crippen LogP contribution in [0, 0.1) is 0 Å². The molecule has 5 heteroatoms. The second-order valence-corrected chi connectivity index (χ2v) is 4.92. The molecule has 0 bridgehead atoms. The standard InChI is InChI=1S/C14H18ClN3O/c1-3-10(8-9-15)16-14(19)13-11-6-4-5-7-12(11)18(2)17-13/h4-7,10H,3,8-9H2,1-2H3,(H,16,19). The summed E-state index contributed by atoms with van der Waals surface area (Å²) < 4.78 is 1.73. The maximum atomic E-state index is 12.3. The van der Waals surface area contributed by atoms with Crippen molar-refractivity contribution in [3.05, 3.63) is 30.0 Å². The van der Waals surface area contributed by atoms with Crippen molar-refractivity contribution in [1.82, 2.24) is 15.1 Å². The van der Waals surface area contributed by atoms with Crippen LogP contribution in [-0.2, 0) is 7.05 Å². The Morgan fingerprint density at radius 1 is 1.47 bits per heavy atom. The van der Waals surface area contributed by atoms with Gasteiger partial charge in [-0.1, -0.05) is 25.1 Å². The number of benzene rings is 1. The van der Waals surface area contributed by atoms with Gasteiger partial charge in [-0.15, -0.1) is 11.6 Å². The summed E-state index contributed by atoms with van der Waals surface area (Å²) in [5.41, 5.74) is 1.43. The minimum Gasteiger partial charge on any atom is -0.348 e. The van der Waals surface area contributed by atoms with Crippen molar-refractivity contribution in [3.63, 3.8) is 0 Å². The zero-order valence-electron chi connectivity index (χ0n) is 11.2. The quantitative estimate of drug-likeness (QED) is 0.856. The molecule has 0 aliphatic rings. The van der Waals surface area contributed by atoms with Gasteiger partial charge in [0, 0.05) is 24.4 Å². The van der Waals surface area contributed by atoms with Crippen molar-refractivity contribution in [2.75, 3.05) is 5.88 Å². The minimum atomic E-state index is -0.131. The lowest BCUT2D eigenvalue weighted by molar-refractivity contribution is 0.0931. The maximum absolute atomic E-state index is 12.3. The van der Waals surface area contributed by atoms with Gasteiger partial charge in [0.25, 0.3) is 5.91 Å². The van der Waals surface area contributed by atoms with E-state index in [0.717, 1.165) is 23.7 Å². The average molecular weight is 280 g/mol. The topological polar surface area (TPSA) is 46.9 Å². The van der Waals surface area contributed by atoms with Gasteiger partial charge >= 0.3 is 0 Å². The third-order valence-electron chi connectivity index (χ3n) is 3.26. The van der Waals surface area contributed by atoms with E-state index in [4.69, 9.17) is 11.6 Å². The number of rotatable bonds is 5. The van der Waals surface area contributed by atoms with E-state index in [-0.39, 0.29) is 11.9 Å². The second kappa shape index (κ2) is 6.06. The van der Waals surface area contributed by atoms with Gasteiger partial charge in [-0.25, -0.2) is 0 Å². The van der Waals surface area contributed by atoms with Crippen molar-refractivity contribution in [3.8, 4) is 0 Å². The second-order valence-electron chi connectivity index (χ2n) is 4.55. The van der Waals surface area contributed by atoms with Gasteiger partial charge in [0.05, 0.1) is 5.52 Å². The molecular weight excluding hydrogens is 262 g/mol. The normalized spacial score (nSPS) is 12.6. The van der Waals surface area contributed by atoms with Crippen molar-refractivity contribution in [1.29, 1.82) is 0 Å². The van der Waals surface area contributed by atoms with E-state index in [1.165, 1.54) is 0 Å². The monoisotopic (exact) mass is 279 g/mol. The molecule has 4 nitrogen and oxygen atoms in total. The van der Waals surface area contributed by atoms with E-state index in [2.05, 4.69) is 10.4 Å². The molecule has 0 aliphatic heterocycles. The molecule has 19 heavy (non-hydrogen) atoms. The van der Waals surface area contributed by atoms with Crippen LogP contribution in [0.3, 0.4) is 0 Å². The van der Waals surface area contributed by atoms with E-state index >= 15 is 0 Å². The average Bonchev–Trinajstić information content (AvgIpc) is 2.76. The lowest BCUT2D eigenvalue weighted by atomic mass is 10.1. The van der Waals surface area contributed by atoms with E-state index in [1.807, 2.05) is 38.2 Å². The molecule has 2 aromatic rings. The third kappa shape index (κ3) is 2.89. The van der Waals surface area contributed by atoms with Crippen molar-refractivity contribution in [2.24, 2.45) is 7.05 Å². The zero-order valence-corrected chi connectivity index (χ0v) is 11.9. The molecule has 0 saturated carbocycles. The number of fused-ring (bicyclic) bond motifs is 1. The molecule has 0 radical (unpaired) electrons. The summed E-state index contributed by atoms with van der Waals surface area (Å²) in [6.45, 7) is 2.04. The van der Waals surface area contributed by atoms with Crippen molar-refractivity contribution in [2.45, 2.75) is 25.8 Å². The first-order valence-corrected chi connectivity index (χ1v) is 6.99. The fraction of sp³-hybridized carbons (Fsp3) is 0.429. The van der Waals surface area contributed by atoms with Crippen molar-refractivity contribution < 1.29 is 4.79 Å².